The topological polar surface area (TPSA) is 75.2 Å². The standard InChI is InChI=1S/C28H35ClN4O2S/c1-19(18-28(3,4)5)17-25(35)33(20(2)21-9-7-6-8-10-21)16-15-24(34)30-27-32-31-26(36-27)22-11-13-23(29)14-12-22/h6-14,19-20H,15-18H2,1-5H3,(H,30,32,34). The highest BCUT2D eigenvalue weighted by atomic mass is 35.5. The van der Waals surface area contributed by atoms with Crippen LogP contribution in [0.1, 0.15) is 65.5 Å². The molecular weight excluding hydrogens is 492 g/mol. The van der Waals surface area contributed by atoms with Crippen LogP contribution in [-0.4, -0.2) is 33.5 Å². The molecule has 0 aliphatic rings. The molecule has 192 valence electrons. The van der Waals surface area contributed by atoms with E-state index in [1.54, 1.807) is 12.1 Å². The molecule has 3 rings (SSSR count). The summed E-state index contributed by atoms with van der Waals surface area (Å²) in [6.45, 7) is 11.0. The third-order valence-corrected chi connectivity index (χ3v) is 7.04. The molecule has 1 heterocycles. The third-order valence-electron chi connectivity index (χ3n) is 5.90. The molecule has 0 aliphatic carbocycles. The summed E-state index contributed by atoms with van der Waals surface area (Å²) in [7, 11) is 0. The van der Waals surface area contributed by atoms with Crippen LogP contribution < -0.4 is 5.32 Å². The first-order chi connectivity index (χ1) is 17.0. The maximum absolute atomic E-state index is 13.4. The lowest BCUT2D eigenvalue weighted by atomic mass is 9.84. The normalized spacial score (nSPS) is 13.2. The van der Waals surface area contributed by atoms with Crippen LogP contribution in [0.15, 0.2) is 54.6 Å². The van der Waals surface area contributed by atoms with Gasteiger partial charge in [0.2, 0.25) is 16.9 Å². The number of hydrogen-bond donors (Lipinski definition) is 1. The molecule has 2 unspecified atom stereocenters. The minimum Gasteiger partial charge on any atom is -0.335 e. The van der Waals surface area contributed by atoms with Gasteiger partial charge in [-0.1, -0.05) is 93.1 Å². The molecule has 8 heteroatoms. The van der Waals surface area contributed by atoms with Crippen molar-refractivity contribution in [2.75, 3.05) is 11.9 Å². The number of rotatable bonds is 10. The predicted octanol–water partition coefficient (Wildman–Crippen LogP) is 7.24. The first kappa shape index (κ1) is 27.8. The average molecular weight is 527 g/mol. The molecule has 0 saturated carbocycles. The minimum absolute atomic E-state index is 0.0665. The van der Waals surface area contributed by atoms with Gasteiger partial charge in [-0.15, -0.1) is 10.2 Å². The molecule has 0 radical (unpaired) electrons. The molecule has 2 atom stereocenters. The van der Waals surface area contributed by atoms with E-state index in [1.165, 1.54) is 11.3 Å². The fraction of sp³-hybridized carbons (Fsp3) is 0.429. The predicted molar refractivity (Wildman–Crippen MR) is 148 cm³/mol. The smallest absolute Gasteiger partial charge is 0.227 e. The number of aromatic nitrogens is 2. The van der Waals surface area contributed by atoms with Crippen molar-refractivity contribution in [3.05, 3.63) is 65.2 Å². The van der Waals surface area contributed by atoms with E-state index in [2.05, 4.69) is 43.2 Å². The van der Waals surface area contributed by atoms with Crippen molar-refractivity contribution in [2.24, 2.45) is 11.3 Å². The Bertz CT molecular complexity index is 1140. The van der Waals surface area contributed by atoms with Crippen LogP contribution >= 0.6 is 22.9 Å². The minimum atomic E-state index is -0.199. The van der Waals surface area contributed by atoms with E-state index in [-0.39, 0.29) is 35.6 Å². The zero-order valence-electron chi connectivity index (χ0n) is 21.6. The lowest BCUT2D eigenvalue weighted by Crippen LogP contribution is -2.37. The number of carbonyl (C=O) groups is 2. The molecule has 3 aromatic rings. The third kappa shape index (κ3) is 8.42. The SMILES string of the molecule is CC(CC(=O)N(CCC(=O)Nc1nnc(-c2ccc(Cl)cc2)s1)C(C)c1ccccc1)CC(C)(C)C. The van der Waals surface area contributed by atoms with Crippen LogP contribution in [0.2, 0.25) is 5.02 Å². The summed E-state index contributed by atoms with van der Waals surface area (Å²) in [5.74, 6) is 0.121. The summed E-state index contributed by atoms with van der Waals surface area (Å²) >= 11 is 7.25. The van der Waals surface area contributed by atoms with Gasteiger partial charge in [0.25, 0.3) is 0 Å². The molecule has 0 aliphatic heterocycles. The highest BCUT2D eigenvalue weighted by Crippen LogP contribution is 2.29. The van der Waals surface area contributed by atoms with Crippen molar-refractivity contribution in [1.29, 1.82) is 0 Å². The van der Waals surface area contributed by atoms with Crippen LogP contribution in [0.3, 0.4) is 0 Å². The highest BCUT2D eigenvalue weighted by molar-refractivity contribution is 7.18. The largest absolute Gasteiger partial charge is 0.335 e. The van der Waals surface area contributed by atoms with Crippen LogP contribution in [0, 0.1) is 11.3 Å². The van der Waals surface area contributed by atoms with Crippen molar-refractivity contribution in [2.45, 2.75) is 59.9 Å². The molecule has 2 amide bonds. The van der Waals surface area contributed by atoms with Gasteiger partial charge in [-0.3, -0.25) is 9.59 Å². The second-order valence-electron chi connectivity index (χ2n) is 10.5. The van der Waals surface area contributed by atoms with E-state index in [0.717, 1.165) is 17.5 Å². The van der Waals surface area contributed by atoms with E-state index in [0.29, 0.717) is 28.1 Å². The van der Waals surface area contributed by atoms with Crippen LogP contribution in [0.5, 0.6) is 0 Å². The van der Waals surface area contributed by atoms with Gasteiger partial charge in [0.15, 0.2) is 0 Å². The molecule has 1 N–H and O–H groups in total. The summed E-state index contributed by atoms with van der Waals surface area (Å²) in [5, 5.41) is 12.9. The number of anilines is 1. The second kappa shape index (κ2) is 12.5. The maximum atomic E-state index is 13.4. The average Bonchev–Trinajstić information content (AvgIpc) is 3.27. The monoisotopic (exact) mass is 526 g/mol. The number of nitrogens with zero attached hydrogens (tertiary/aromatic N) is 3. The molecule has 0 bridgehead atoms. The number of hydrogen-bond acceptors (Lipinski definition) is 5. The van der Waals surface area contributed by atoms with Gasteiger partial charge in [-0.25, -0.2) is 0 Å². The summed E-state index contributed by atoms with van der Waals surface area (Å²) in [5.41, 5.74) is 2.09. The van der Waals surface area contributed by atoms with Crippen molar-refractivity contribution in [3.8, 4) is 10.6 Å². The highest BCUT2D eigenvalue weighted by Gasteiger charge is 2.25. The number of carbonyl (C=O) groups excluding carboxylic acids is 2. The Labute approximate surface area is 223 Å². The number of halogens is 1. The lowest BCUT2D eigenvalue weighted by molar-refractivity contribution is -0.134. The quantitative estimate of drug-likeness (QED) is 0.302. The number of amides is 2. The van der Waals surface area contributed by atoms with Gasteiger partial charge in [0.05, 0.1) is 6.04 Å². The number of benzene rings is 2. The summed E-state index contributed by atoms with van der Waals surface area (Å²) in [6, 6.07) is 17.1. The first-order valence-electron chi connectivity index (χ1n) is 12.3. The summed E-state index contributed by atoms with van der Waals surface area (Å²) < 4.78 is 0. The summed E-state index contributed by atoms with van der Waals surface area (Å²) in [4.78, 5) is 28.0. The van der Waals surface area contributed by atoms with Gasteiger partial charge in [-0.05, 0) is 42.4 Å². The van der Waals surface area contributed by atoms with E-state index in [9.17, 15) is 9.59 Å². The van der Waals surface area contributed by atoms with Crippen molar-refractivity contribution in [1.82, 2.24) is 15.1 Å². The Morgan fingerprint density at radius 3 is 2.33 bits per heavy atom. The van der Waals surface area contributed by atoms with Crippen molar-refractivity contribution in [3.63, 3.8) is 0 Å². The first-order valence-corrected chi connectivity index (χ1v) is 13.4. The Hall–Kier alpha value is -2.77. The Kier molecular flexibility index (Phi) is 9.63. The lowest BCUT2D eigenvalue weighted by Gasteiger charge is -2.31. The van der Waals surface area contributed by atoms with E-state index >= 15 is 0 Å². The van der Waals surface area contributed by atoms with Gasteiger partial charge >= 0.3 is 0 Å². The van der Waals surface area contributed by atoms with Crippen molar-refractivity contribution < 1.29 is 9.59 Å². The van der Waals surface area contributed by atoms with Crippen LogP contribution in [-0.2, 0) is 9.59 Å². The van der Waals surface area contributed by atoms with Gasteiger partial charge in [0, 0.05) is 30.0 Å². The Morgan fingerprint density at radius 2 is 1.69 bits per heavy atom. The van der Waals surface area contributed by atoms with Crippen molar-refractivity contribution >= 4 is 39.9 Å². The fourth-order valence-electron chi connectivity index (χ4n) is 4.37. The van der Waals surface area contributed by atoms with Crippen LogP contribution in [0.25, 0.3) is 10.6 Å². The van der Waals surface area contributed by atoms with Gasteiger partial charge in [-0.2, -0.15) is 0 Å². The molecule has 1 aromatic heterocycles. The molecule has 0 spiro atoms. The van der Waals surface area contributed by atoms with Crippen LogP contribution in [0.4, 0.5) is 5.13 Å². The molecule has 2 aromatic carbocycles. The second-order valence-corrected chi connectivity index (χ2v) is 11.9. The Morgan fingerprint density at radius 1 is 1.03 bits per heavy atom. The molecule has 36 heavy (non-hydrogen) atoms. The number of nitrogens with one attached hydrogen (secondary N) is 1. The summed E-state index contributed by atoms with van der Waals surface area (Å²) in [6.07, 6.45) is 1.59. The molecule has 0 fully saturated rings. The van der Waals surface area contributed by atoms with Gasteiger partial charge < -0.3 is 10.2 Å². The Balaban J connectivity index is 1.65. The zero-order chi connectivity index (χ0) is 26.3. The van der Waals surface area contributed by atoms with Gasteiger partial charge in [0.1, 0.15) is 5.01 Å². The zero-order valence-corrected chi connectivity index (χ0v) is 23.2. The maximum Gasteiger partial charge on any atom is 0.227 e. The molecule has 0 saturated heterocycles. The fourth-order valence-corrected chi connectivity index (χ4v) is 5.26. The van der Waals surface area contributed by atoms with E-state index in [1.807, 2.05) is 54.3 Å². The molecular formula is C28H35ClN4O2S. The van der Waals surface area contributed by atoms with E-state index in [4.69, 9.17) is 11.6 Å². The molecule has 6 nitrogen and oxygen atoms in total. The van der Waals surface area contributed by atoms with E-state index < -0.39 is 0 Å².